The molecule has 23 heavy (non-hydrogen) atoms. The van der Waals surface area contributed by atoms with E-state index in [4.69, 9.17) is 0 Å². The number of aromatic nitrogens is 1. The summed E-state index contributed by atoms with van der Waals surface area (Å²) in [5.41, 5.74) is 5.37. The van der Waals surface area contributed by atoms with Gasteiger partial charge in [-0.1, -0.05) is 43.3 Å². The quantitative estimate of drug-likeness (QED) is 0.711. The van der Waals surface area contributed by atoms with Gasteiger partial charge < -0.3 is 9.88 Å². The van der Waals surface area contributed by atoms with Gasteiger partial charge in [-0.2, -0.15) is 0 Å². The zero-order chi connectivity index (χ0) is 16.4. The summed E-state index contributed by atoms with van der Waals surface area (Å²) in [4.78, 5) is 12.7. The van der Waals surface area contributed by atoms with Crippen LogP contribution in [0.4, 0.5) is 5.69 Å². The number of Topliss-reactive ketones (excluding diaryl/α,β-unsaturated/α-hetero) is 1. The second-order valence-corrected chi connectivity index (χ2v) is 5.91. The molecule has 0 saturated carbocycles. The first-order chi connectivity index (χ1) is 11.1. The topological polar surface area (TPSA) is 34.0 Å². The highest BCUT2D eigenvalue weighted by molar-refractivity contribution is 6.09. The largest absolute Gasteiger partial charge is 0.377 e. The summed E-state index contributed by atoms with van der Waals surface area (Å²) >= 11 is 0. The van der Waals surface area contributed by atoms with E-state index < -0.39 is 0 Å². The highest BCUT2D eigenvalue weighted by Crippen LogP contribution is 2.23. The average Bonchev–Trinajstić information content (AvgIpc) is 2.91. The van der Waals surface area contributed by atoms with Crippen molar-refractivity contribution in [2.75, 3.05) is 11.9 Å². The van der Waals surface area contributed by atoms with Crippen LogP contribution in [0.15, 0.2) is 48.7 Å². The van der Waals surface area contributed by atoms with Gasteiger partial charge in [0, 0.05) is 35.4 Å². The van der Waals surface area contributed by atoms with Crippen molar-refractivity contribution in [3.63, 3.8) is 0 Å². The number of carbonyl (C=O) groups is 1. The lowest BCUT2D eigenvalue weighted by atomic mass is 10.0. The van der Waals surface area contributed by atoms with Crippen LogP contribution in [0, 0.1) is 6.92 Å². The fraction of sp³-hybridized carbons (Fsp3) is 0.250. The standard InChI is InChI=1S/C20H22N2O/c1-4-15-9-7-8-14(2)20(15)21-12-19(23)17-13-22(3)18-11-6-5-10-16(17)18/h5-11,13,21H,4,12H2,1-3H3. The van der Waals surface area contributed by atoms with Crippen molar-refractivity contribution in [1.29, 1.82) is 0 Å². The summed E-state index contributed by atoms with van der Waals surface area (Å²) in [6, 6.07) is 14.3. The van der Waals surface area contributed by atoms with Crippen LogP contribution in [0.2, 0.25) is 0 Å². The predicted octanol–water partition coefficient (Wildman–Crippen LogP) is 4.34. The molecular weight excluding hydrogens is 284 g/mol. The normalized spacial score (nSPS) is 10.9. The minimum Gasteiger partial charge on any atom is -0.377 e. The van der Waals surface area contributed by atoms with E-state index in [1.54, 1.807) is 0 Å². The van der Waals surface area contributed by atoms with Gasteiger partial charge in [0.1, 0.15) is 0 Å². The highest BCUT2D eigenvalue weighted by Gasteiger charge is 2.14. The second-order valence-electron chi connectivity index (χ2n) is 5.91. The molecule has 0 aliphatic carbocycles. The molecular formula is C20H22N2O. The molecule has 0 bridgehead atoms. The molecule has 0 amide bonds. The van der Waals surface area contributed by atoms with Gasteiger partial charge in [-0.3, -0.25) is 4.79 Å². The molecule has 0 fully saturated rings. The summed E-state index contributed by atoms with van der Waals surface area (Å²) in [6.07, 6.45) is 2.87. The number of benzene rings is 2. The Morgan fingerprint density at radius 1 is 1.13 bits per heavy atom. The Morgan fingerprint density at radius 3 is 2.70 bits per heavy atom. The molecule has 3 rings (SSSR count). The van der Waals surface area contributed by atoms with Crippen molar-refractivity contribution in [2.24, 2.45) is 7.05 Å². The van der Waals surface area contributed by atoms with Gasteiger partial charge >= 0.3 is 0 Å². The number of ketones is 1. The number of anilines is 1. The molecule has 1 N–H and O–H groups in total. The van der Waals surface area contributed by atoms with Crippen molar-refractivity contribution in [3.8, 4) is 0 Å². The van der Waals surface area contributed by atoms with Crippen molar-refractivity contribution in [1.82, 2.24) is 4.57 Å². The van der Waals surface area contributed by atoms with Crippen molar-refractivity contribution >= 4 is 22.4 Å². The molecule has 2 aromatic carbocycles. The molecule has 0 aliphatic rings. The molecule has 0 atom stereocenters. The first kappa shape index (κ1) is 15.3. The van der Waals surface area contributed by atoms with E-state index in [-0.39, 0.29) is 5.78 Å². The lowest BCUT2D eigenvalue weighted by molar-refractivity contribution is 0.101. The van der Waals surface area contributed by atoms with Crippen molar-refractivity contribution in [2.45, 2.75) is 20.3 Å². The Hall–Kier alpha value is -2.55. The third-order valence-electron chi connectivity index (χ3n) is 4.36. The van der Waals surface area contributed by atoms with Crippen LogP contribution in [0.25, 0.3) is 10.9 Å². The SMILES string of the molecule is CCc1cccc(C)c1NCC(=O)c1cn(C)c2ccccc12. The van der Waals surface area contributed by atoms with Crippen LogP contribution in [0.3, 0.4) is 0 Å². The number of fused-ring (bicyclic) bond motifs is 1. The zero-order valence-electron chi connectivity index (χ0n) is 13.9. The zero-order valence-corrected chi connectivity index (χ0v) is 13.9. The number of rotatable bonds is 5. The van der Waals surface area contributed by atoms with Gasteiger partial charge in [0.05, 0.1) is 6.54 Å². The van der Waals surface area contributed by atoms with Gasteiger partial charge in [-0.25, -0.2) is 0 Å². The maximum atomic E-state index is 12.7. The molecule has 0 radical (unpaired) electrons. The Kier molecular flexibility index (Phi) is 4.20. The minimum atomic E-state index is 0.118. The Labute approximate surface area is 136 Å². The number of carbonyl (C=O) groups excluding carboxylic acids is 1. The van der Waals surface area contributed by atoms with Crippen LogP contribution in [-0.2, 0) is 13.5 Å². The third-order valence-corrected chi connectivity index (χ3v) is 4.36. The fourth-order valence-electron chi connectivity index (χ4n) is 3.10. The lowest BCUT2D eigenvalue weighted by Gasteiger charge is -2.13. The van der Waals surface area contributed by atoms with Gasteiger partial charge in [0.15, 0.2) is 5.78 Å². The van der Waals surface area contributed by atoms with Crippen molar-refractivity contribution in [3.05, 3.63) is 65.4 Å². The molecule has 1 aromatic heterocycles. The summed E-state index contributed by atoms with van der Waals surface area (Å²) < 4.78 is 2.01. The molecule has 3 heteroatoms. The highest BCUT2D eigenvalue weighted by atomic mass is 16.1. The number of hydrogen-bond donors (Lipinski definition) is 1. The van der Waals surface area contributed by atoms with Gasteiger partial charge in [-0.05, 0) is 30.5 Å². The summed E-state index contributed by atoms with van der Waals surface area (Å²) in [7, 11) is 1.98. The van der Waals surface area contributed by atoms with E-state index in [0.29, 0.717) is 6.54 Å². The number of hydrogen-bond acceptors (Lipinski definition) is 2. The smallest absolute Gasteiger partial charge is 0.184 e. The Balaban J connectivity index is 1.85. The average molecular weight is 306 g/mol. The number of para-hydroxylation sites is 2. The third kappa shape index (κ3) is 2.87. The number of aryl methyl sites for hydroxylation is 3. The molecule has 118 valence electrons. The van der Waals surface area contributed by atoms with E-state index in [1.807, 2.05) is 42.1 Å². The van der Waals surface area contributed by atoms with E-state index in [0.717, 1.165) is 28.6 Å². The van der Waals surface area contributed by atoms with Gasteiger partial charge in [0.2, 0.25) is 0 Å². The van der Waals surface area contributed by atoms with Crippen molar-refractivity contribution < 1.29 is 4.79 Å². The molecule has 0 aliphatic heterocycles. The Bertz CT molecular complexity index is 861. The Morgan fingerprint density at radius 2 is 1.91 bits per heavy atom. The molecule has 3 nitrogen and oxygen atoms in total. The van der Waals surface area contributed by atoms with Crippen LogP contribution in [-0.4, -0.2) is 16.9 Å². The molecule has 0 unspecified atom stereocenters. The second kappa shape index (κ2) is 6.29. The lowest BCUT2D eigenvalue weighted by Crippen LogP contribution is -2.15. The summed E-state index contributed by atoms with van der Waals surface area (Å²) in [5, 5.41) is 4.36. The van der Waals surface area contributed by atoms with Gasteiger partial charge in [-0.15, -0.1) is 0 Å². The first-order valence-electron chi connectivity index (χ1n) is 8.01. The molecule has 0 saturated heterocycles. The van der Waals surface area contributed by atoms with Crippen LogP contribution in [0.5, 0.6) is 0 Å². The molecule has 1 heterocycles. The van der Waals surface area contributed by atoms with E-state index >= 15 is 0 Å². The van der Waals surface area contributed by atoms with E-state index in [9.17, 15) is 4.79 Å². The maximum absolute atomic E-state index is 12.7. The summed E-state index contributed by atoms with van der Waals surface area (Å²) in [5.74, 6) is 0.118. The fourth-order valence-corrected chi connectivity index (χ4v) is 3.10. The van der Waals surface area contributed by atoms with Gasteiger partial charge in [0.25, 0.3) is 0 Å². The number of nitrogens with zero attached hydrogens (tertiary/aromatic N) is 1. The maximum Gasteiger partial charge on any atom is 0.184 e. The molecule has 0 spiro atoms. The van der Waals surface area contributed by atoms with E-state index in [2.05, 4.69) is 37.4 Å². The minimum absolute atomic E-state index is 0.118. The summed E-state index contributed by atoms with van der Waals surface area (Å²) in [6.45, 7) is 4.52. The van der Waals surface area contributed by atoms with Crippen LogP contribution < -0.4 is 5.32 Å². The van der Waals surface area contributed by atoms with Crippen LogP contribution in [0.1, 0.15) is 28.4 Å². The number of nitrogens with one attached hydrogen (secondary N) is 1. The first-order valence-corrected chi connectivity index (χ1v) is 8.01. The monoisotopic (exact) mass is 306 g/mol. The molecule has 3 aromatic rings. The van der Waals surface area contributed by atoms with E-state index in [1.165, 1.54) is 11.1 Å². The predicted molar refractivity (Wildman–Crippen MR) is 96.3 cm³/mol. The van der Waals surface area contributed by atoms with Crippen LogP contribution >= 0.6 is 0 Å².